The predicted octanol–water partition coefficient (Wildman–Crippen LogP) is 2.82. The number of benzene rings is 2. The van der Waals surface area contributed by atoms with Crippen LogP contribution in [0.1, 0.15) is 15.9 Å². The molecule has 120 valence electrons. The highest BCUT2D eigenvalue weighted by Crippen LogP contribution is 2.32. The van der Waals surface area contributed by atoms with Gasteiger partial charge in [0.1, 0.15) is 0 Å². The Morgan fingerprint density at radius 3 is 2.79 bits per heavy atom. The summed E-state index contributed by atoms with van der Waals surface area (Å²) in [5.74, 6) is 0.925. The number of rotatable bonds is 2. The highest BCUT2D eigenvalue weighted by Gasteiger charge is 2.16. The van der Waals surface area contributed by atoms with Gasteiger partial charge >= 0.3 is 0 Å². The Balaban J connectivity index is 1.64. The number of amides is 1. The Bertz CT molecular complexity index is 1020. The standard InChI is InChI=1S/C18H14N2O4/c1-10-6-17(21)20-14-8-12(3-4-13(10)14)19-18(22)11-2-5-15-16(7-11)24-9-23-15/h2-8H,9H2,1H3,(H,19,22)(H,20,21). The number of aryl methyl sites for hydroxylation is 1. The van der Waals surface area contributed by atoms with Crippen molar-refractivity contribution in [2.24, 2.45) is 0 Å². The normalized spacial score (nSPS) is 12.4. The van der Waals surface area contributed by atoms with E-state index in [0.29, 0.717) is 28.3 Å². The molecule has 0 spiro atoms. The summed E-state index contributed by atoms with van der Waals surface area (Å²) in [6, 6.07) is 12.0. The molecule has 0 radical (unpaired) electrons. The molecule has 1 amide bonds. The number of aromatic nitrogens is 1. The van der Waals surface area contributed by atoms with Crippen LogP contribution in [0, 0.1) is 6.92 Å². The highest BCUT2D eigenvalue weighted by atomic mass is 16.7. The summed E-state index contributed by atoms with van der Waals surface area (Å²) in [6.07, 6.45) is 0. The van der Waals surface area contributed by atoms with E-state index in [9.17, 15) is 9.59 Å². The summed E-state index contributed by atoms with van der Waals surface area (Å²) in [4.78, 5) is 26.8. The van der Waals surface area contributed by atoms with Crippen LogP contribution in [0.5, 0.6) is 11.5 Å². The van der Waals surface area contributed by atoms with Crippen LogP contribution in [0.4, 0.5) is 5.69 Å². The van der Waals surface area contributed by atoms with Crippen LogP contribution < -0.4 is 20.3 Å². The van der Waals surface area contributed by atoms with E-state index in [4.69, 9.17) is 9.47 Å². The molecule has 0 unspecified atom stereocenters. The zero-order chi connectivity index (χ0) is 16.7. The van der Waals surface area contributed by atoms with Crippen molar-refractivity contribution >= 4 is 22.5 Å². The predicted molar refractivity (Wildman–Crippen MR) is 89.8 cm³/mol. The number of pyridine rings is 1. The third-order valence-corrected chi connectivity index (χ3v) is 3.94. The molecule has 0 atom stereocenters. The summed E-state index contributed by atoms with van der Waals surface area (Å²) in [5.41, 5.74) is 2.48. The topological polar surface area (TPSA) is 80.4 Å². The van der Waals surface area contributed by atoms with E-state index in [1.807, 2.05) is 13.0 Å². The number of hydrogen-bond donors (Lipinski definition) is 2. The second-order valence-electron chi connectivity index (χ2n) is 5.60. The lowest BCUT2D eigenvalue weighted by atomic mass is 10.1. The number of nitrogens with one attached hydrogen (secondary N) is 2. The van der Waals surface area contributed by atoms with Crippen molar-refractivity contribution < 1.29 is 14.3 Å². The average molecular weight is 322 g/mol. The van der Waals surface area contributed by atoms with Gasteiger partial charge < -0.3 is 19.8 Å². The first kappa shape index (κ1) is 14.3. The fraction of sp³-hybridized carbons (Fsp3) is 0.111. The van der Waals surface area contributed by atoms with Gasteiger partial charge in [-0.1, -0.05) is 6.07 Å². The Morgan fingerprint density at radius 2 is 1.92 bits per heavy atom. The van der Waals surface area contributed by atoms with E-state index < -0.39 is 0 Å². The van der Waals surface area contributed by atoms with Crippen LogP contribution in [-0.2, 0) is 0 Å². The molecule has 1 aromatic heterocycles. The van der Waals surface area contributed by atoms with Crippen LogP contribution in [0.2, 0.25) is 0 Å². The lowest BCUT2D eigenvalue weighted by Crippen LogP contribution is -2.12. The molecule has 6 nitrogen and oxygen atoms in total. The van der Waals surface area contributed by atoms with Gasteiger partial charge in [0, 0.05) is 22.7 Å². The van der Waals surface area contributed by atoms with Gasteiger partial charge in [-0.05, 0) is 42.8 Å². The molecule has 1 aliphatic rings. The number of hydrogen-bond acceptors (Lipinski definition) is 4. The van der Waals surface area contributed by atoms with Crippen LogP contribution in [0.25, 0.3) is 10.9 Å². The van der Waals surface area contributed by atoms with E-state index >= 15 is 0 Å². The van der Waals surface area contributed by atoms with E-state index in [0.717, 1.165) is 10.9 Å². The average Bonchev–Trinajstić information content (AvgIpc) is 3.01. The summed E-state index contributed by atoms with van der Waals surface area (Å²) >= 11 is 0. The quantitative estimate of drug-likeness (QED) is 0.760. The zero-order valence-electron chi connectivity index (χ0n) is 12.9. The maximum atomic E-state index is 12.4. The molecule has 2 aromatic carbocycles. The minimum Gasteiger partial charge on any atom is -0.454 e. The Morgan fingerprint density at radius 1 is 1.08 bits per heavy atom. The zero-order valence-corrected chi connectivity index (χ0v) is 12.9. The van der Waals surface area contributed by atoms with E-state index in [2.05, 4.69) is 10.3 Å². The molecular formula is C18H14N2O4. The van der Waals surface area contributed by atoms with Crippen molar-refractivity contribution in [3.05, 3.63) is 63.9 Å². The Hall–Kier alpha value is -3.28. The summed E-state index contributed by atoms with van der Waals surface area (Å²) in [5, 5.41) is 3.76. The van der Waals surface area contributed by atoms with Gasteiger partial charge in [-0.15, -0.1) is 0 Å². The second-order valence-corrected chi connectivity index (χ2v) is 5.60. The maximum Gasteiger partial charge on any atom is 0.255 e. The van der Waals surface area contributed by atoms with Crippen LogP contribution >= 0.6 is 0 Å². The fourth-order valence-electron chi connectivity index (χ4n) is 2.75. The van der Waals surface area contributed by atoms with Crippen molar-refractivity contribution in [3.8, 4) is 11.5 Å². The first-order chi connectivity index (χ1) is 11.6. The SMILES string of the molecule is Cc1cc(=O)[nH]c2cc(NC(=O)c3ccc4c(c3)OCO4)ccc12. The Labute approximate surface area is 137 Å². The van der Waals surface area contributed by atoms with E-state index in [-0.39, 0.29) is 18.3 Å². The van der Waals surface area contributed by atoms with Gasteiger partial charge in [0.05, 0.1) is 5.52 Å². The smallest absolute Gasteiger partial charge is 0.255 e. The van der Waals surface area contributed by atoms with Crippen molar-refractivity contribution in [3.63, 3.8) is 0 Å². The van der Waals surface area contributed by atoms with Gasteiger partial charge in [-0.25, -0.2) is 0 Å². The molecule has 24 heavy (non-hydrogen) atoms. The molecule has 0 bridgehead atoms. The number of aromatic amines is 1. The van der Waals surface area contributed by atoms with Gasteiger partial charge in [0.25, 0.3) is 5.91 Å². The van der Waals surface area contributed by atoms with Crippen LogP contribution in [0.15, 0.2) is 47.3 Å². The molecule has 0 fully saturated rings. The number of anilines is 1. The Kier molecular flexibility index (Phi) is 3.23. The minimum absolute atomic E-state index is 0.164. The lowest BCUT2D eigenvalue weighted by molar-refractivity contribution is 0.102. The molecule has 0 aliphatic carbocycles. The molecule has 4 rings (SSSR count). The molecule has 2 heterocycles. The molecule has 1 aliphatic heterocycles. The van der Waals surface area contributed by atoms with Crippen molar-refractivity contribution in [1.82, 2.24) is 4.98 Å². The summed E-state index contributed by atoms with van der Waals surface area (Å²) in [6.45, 7) is 2.04. The lowest BCUT2D eigenvalue weighted by Gasteiger charge is -2.08. The number of carbonyl (C=O) groups is 1. The van der Waals surface area contributed by atoms with Crippen molar-refractivity contribution in [2.45, 2.75) is 6.92 Å². The number of carbonyl (C=O) groups excluding carboxylic acids is 1. The van der Waals surface area contributed by atoms with Crippen LogP contribution in [0.3, 0.4) is 0 Å². The maximum absolute atomic E-state index is 12.4. The molecule has 0 saturated heterocycles. The minimum atomic E-state index is -0.261. The van der Waals surface area contributed by atoms with Gasteiger partial charge in [-0.2, -0.15) is 0 Å². The second kappa shape index (κ2) is 5.42. The molecule has 6 heteroatoms. The highest BCUT2D eigenvalue weighted by molar-refractivity contribution is 6.05. The van der Waals surface area contributed by atoms with Gasteiger partial charge in [-0.3, -0.25) is 9.59 Å². The summed E-state index contributed by atoms with van der Waals surface area (Å²) in [7, 11) is 0. The molecular weight excluding hydrogens is 308 g/mol. The fourth-order valence-corrected chi connectivity index (χ4v) is 2.75. The van der Waals surface area contributed by atoms with E-state index in [1.54, 1.807) is 36.4 Å². The molecule has 0 saturated carbocycles. The van der Waals surface area contributed by atoms with Gasteiger partial charge in [0.2, 0.25) is 12.4 Å². The monoisotopic (exact) mass is 322 g/mol. The first-order valence-electron chi connectivity index (χ1n) is 7.45. The largest absolute Gasteiger partial charge is 0.454 e. The number of H-pyrrole nitrogens is 1. The van der Waals surface area contributed by atoms with Crippen LogP contribution in [-0.4, -0.2) is 17.7 Å². The molecule has 3 aromatic rings. The first-order valence-corrected chi connectivity index (χ1v) is 7.45. The van der Waals surface area contributed by atoms with Gasteiger partial charge in [0.15, 0.2) is 11.5 Å². The number of fused-ring (bicyclic) bond motifs is 2. The number of ether oxygens (including phenoxy) is 2. The summed E-state index contributed by atoms with van der Waals surface area (Å²) < 4.78 is 10.5. The molecule has 2 N–H and O–H groups in total. The third kappa shape index (κ3) is 2.48. The third-order valence-electron chi connectivity index (χ3n) is 3.94. The van der Waals surface area contributed by atoms with Crippen molar-refractivity contribution in [2.75, 3.05) is 12.1 Å². The van der Waals surface area contributed by atoms with E-state index in [1.165, 1.54) is 0 Å². The van der Waals surface area contributed by atoms with Crippen molar-refractivity contribution in [1.29, 1.82) is 0 Å².